The second-order valence-corrected chi connectivity index (χ2v) is 4.78. The first-order valence-electron chi connectivity index (χ1n) is 6.16. The van der Waals surface area contributed by atoms with Crippen molar-refractivity contribution in [2.24, 2.45) is 17.6 Å². The molecule has 1 fully saturated rings. The van der Waals surface area contributed by atoms with E-state index in [1.807, 2.05) is 0 Å². The summed E-state index contributed by atoms with van der Waals surface area (Å²) in [5.74, 6) is 0.834. The fourth-order valence-corrected chi connectivity index (χ4v) is 2.49. The summed E-state index contributed by atoms with van der Waals surface area (Å²) >= 11 is 0. The molecule has 0 radical (unpaired) electrons. The van der Waals surface area contributed by atoms with Gasteiger partial charge in [0.25, 0.3) is 0 Å². The fraction of sp³-hybridized carbons (Fsp3) is 0.538. The fourth-order valence-electron chi connectivity index (χ4n) is 2.49. The third-order valence-corrected chi connectivity index (χ3v) is 3.67. The van der Waals surface area contributed by atoms with Crippen molar-refractivity contribution in [2.45, 2.75) is 25.7 Å². The number of nitrogens with zero attached hydrogens (tertiary/aromatic N) is 1. The van der Waals surface area contributed by atoms with Gasteiger partial charge in [-0.2, -0.15) is 0 Å². The standard InChI is InChI=1S/C13H19N3O/c14-7-9-1-3-10(4-2-9)13(17)11-8-16-6-5-12(11)15/h5-6,8-10H,1-4,7,14H2,(H2,15,16). The Morgan fingerprint density at radius 3 is 2.65 bits per heavy atom. The van der Waals surface area contributed by atoms with Crippen molar-refractivity contribution in [1.29, 1.82) is 0 Å². The lowest BCUT2D eigenvalue weighted by Gasteiger charge is -2.26. The van der Waals surface area contributed by atoms with Gasteiger partial charge in [0.1, 0.15) is 0 Å². The van der Waals surface area contributed by atoms with Crippen molar-refractivity contribution >= 4 is 11.5 Å². The third-order valence-electron chi connectivity index (χ3n) is 3.67. The molecule has 4 heteroatoms. The molecular weight excluding hydrogens is 214 g/mol. The number of carbonyl (C=O) groups is 1. The van der Waals surface area contributed by atoms with Crippen molar-refractivity contribution in [3.05, 3.63) is 24.0 Å². The highest BCUT2D eigenvalue weighted by molar-refractivity contribution is 6.01. The lowest BCUT2D eigenvalue weighted by atomic mass is 9.78. The van der Waals surface area contributed by atoms with E-state index in [0.29, 0.717) is 17.2 Å². The number of anilines is 1. The second kappa shape index (κ2) is 5.27. The quantitative estimate of drug-likeness (QED) is 0.777. The summed E-state index contributed by atoms with van der Waals surface area (Å²) < 4.78 is 0. The zero-order valence-electron chi connectivity index (χ0n) is 9.93. The van der Waals surface area contributed by atoms with Gasteiger partial charge < -0.3 is 11.5 Å². The molecule has 0 aliphatic heterocycles. The van der Waals surface area contributed by atoms with Crippen LogP contribution in [-0.2, 0) is 0 Å². The molecular formula is C13H19N3O. The summed E-state index contributed by atoms with van der Waals surface area (Å²) in [6.07, 6.45) is 7.13. The molecule has 0 bridgehead atoms. The van der Waals surface area contributed by atoms with Crippen LogP contribution in [0.1, 0.15) is 36.0 Å². The van der Waals surface area contributed by atoms with Crippen LogP contribution in [0.2, 0.25) is 0 Å². The normalized spacial score (nSPS) is 24.5. The van der Waals surface area contributed by atoms with Gasteiger partial charge in [-0.1, -0.05) is 0 Å². The van der Waals surface area contributed by atoms with Crippen LogP contribution in [-0.4, -0.2) is 17.3 Å². The number of pyridine rings is 1. The predicted octanol–water partition coefficient (Wildman–Crippen LogP) is 1.61. The van der Waals surface area contributed by atoms with Crippen molar-refractivity contribution in [1.82, 2.24) is 4.98 Å². The van der Waals surface area contributed by atoms with Gasteiger partial charge in [-0.05, 0) is 44.2 Å². The van der Waals surface area contributed by atoms with E-state index in [2.05, 4.69) is 4.98 Å². The number of Topliss-reactive ketones (excluding diaryl/α,β-unsaturated/α-hetero) is 1. The minimum atomic E-state index is 0.101. The maximum atomic E-state index is 12.3. The monoisotopic (exact) mass is 233 g/mol. The number of carbonyl (C=O) groups excluding carboxylic acids is 1. The van der Waals surface area contributed by atoms with Gasteiger partial charge >= 0.3 is 0 Å². The highest BCUT2D eigenvalue weighted by Crippen LogP contribution is 2.31. The number of rotatable bonds is 3. The number of nitrogens with two attached hydrogens (primary N) is 2. The summed E-state index contributed by atoms with van der Waals surface area (Å²) in [4.78, 5) is 16.2. The van der Waals surface area contributed by atoms with Crippen molar-refractivity contribution in [2.75, 3.05) is 12.3 Å². The van der Waals surface area contributed by atoms with Gasteiger partial charge in [0.2, 0.25) is 0 Å². The van der Waals surface area contributed by atoms with Crippen LogP contribution < -0.4 is 11.5 Å². The molecule has 1 aromatic rings. The van der Waals surface area contributed by atoms with E-state index in [-0.39, 0.29) is 11.7 Å². The number of nitrogen functional groups attached to an aromatic ring is 1. The molecule has 1 saturated carbocycles. The molecule has 4 nitrogen and oxygen atoms in total. The number of aromatic nitrogens is 1. The van der Waals surface area contributed by atoms with Crippen LogP contribution in [0.15, 0.2) is 18.5 Å². The highest BCUT2D eigenvalue weighted by Gasteiger charge is 2.27. The molecule has 2 rings (SSSR count). The molecule has 1 heterocycles. The summed E-state index contributed by atoms with van der Waals surface area (Å²) in [6, 6.07) is 1.68. The number of ketones is 1. The molecule has 0 amide bonds. The highest BCUT2D eigenvalue weighted by atomic mass is 16.1. The average Bonchev–Trinajstić information content (AvgIpc) is 2.39. The van der Waals surface area contributed by atoms with E-state index in [1.165, 1.54) is 0 Å². The largest absolute Gasteiger partial charge is 0.398 e. The molecule has 0 unspecified atom stereocenters. The SMILES string of the molecule is NCC1CCC(C(=O)c2cnccc2N)CC1. The van der Waals surface area contributed by atoms with Gasteiger partial charge in [-0.15, -0.1) is 0 Å². The molecule has 0 atom stereocenters. The lowest BCUT2D eigenvalue weighted by molar-refractivity contribution is 0.0874. The summed E-state index contributed by atoms with van der Waals surface area (Å²) in [5, 5.41) is 0. The van der Waals surface area contributed by atoms with Crippen LogP contribution in [0.4, 0.5) is 5.69 Å². The molecule has 0 saturated heterocycles. The van der Waals surface area contributed by atoms with E-state index in [1.54, 1.807) is 18.5 Å². The lowest BCUT2D eigenvalue weighted by Crippen LogP contribution is -2.26. The Bertz CT molecular complexity index is 397. The molecule has 1 aliphatic rings. The summed E-state index contributed by atoms with van der Waals surface area (Å²) in [7, 11) is 0. The molecule has 92 valence electrons. The minimum Gasteiger partial charge on any atom is -0.398 e. The van der Waals surface area contributed by atoms with E-state index in [9.17, 15) is 4.79 Å². The van der Waals surface area contributed by atoms with Crippen molar-refractivity contribution in [3.63, 3.8) is 0 Å². The van der Waals surface area contributed by atoms with Gasteiger partial charge in [-0.25, -0.2) is 0 Å². The smallest absolute Gasteiger partial charge is 0.169 e. The molecule has 17 heavy (non-hydrogen) atoms. The van der Waals surface area contributed by atoms with Crippen LogP contribution in [0.5, 0.6) is 0 Å². The topological polar surface area (TPSA) is 82.0 Å². The summed E-state index contributed by atoms with van der Waals surface area (Å²) in [6.45, 7) is 0.732. The molecule has 4 N–H and O–H groups in total. The van der Waals surface area contributed by atoms with Crippen molar-refractivity contribution in [3.8, 4) is 0 Å². The second-order valence-electron chi connectivity index (χ2n) is 4.78. The first-order chi connectivity index (χ1) is 8.22. The number of hydrogen-bond donors (Lipinski definition) is 2. The van der Waals surface area contributed by atoms with Gasteiger partial charge in [0, 0.05) is 24.0 Å². The summed E-state index contributed by atoms with van der Waals surface area (Å²) in [5.41, 5.74) is 12.6. The minimum absolute atomic E-state index is 0.101. The Labute approximate surface area is 101 Å². The van der Waals surface area contributed by atoms with E-state index in [0.717, 1.165) is 32.2 Å². The molecule has 0 aromatic carbocycles. The number of hydrogen-bond acceptors (Lipinski definition) is 4. The predicted molar refractivity (Wildman–Crippen MR) is 67.5 cm³/mol. The maximum absolute atomic E-state index is 12.3. The van der Waals surface area contributed by atoms with Gasteiger partial charge in [-0.3, -0.25) is 9.78 Å². The maximum Gasteiger partial charge on any atom is 0.169 e. The third kappa shape index (κ3) is 2.64. The van der Waals surface area contributed by atoms with Crippen molar-refractivity contribution < 1.29 is 4.79 Å². The zero-order chi connectivity index (χ0) is 12.3. The van der Waals surface area contributed by atoms with Crippen LogP contribution in [0.25, 0.3) is 0 Å². The Balaban J connectivity index is 2.04. The Kier molecular flexibility index (Phi) is 3.74. The van der Waals surface area contributed by atoms with E-state index < -0.39 is 0 Å². The van der Waals surface area contributed by atoms with Crippen LogP contribution >= 0.6 is 0 Å². The zero-order valence-corrected chi connectivity index (χ0v) is 9.93. The Morgan fingerprint density at radius 2 is 2.06 bits per heavy atom. The van der Waals surface area contributed by atoms with Crippen LogP contribution in [0.3, 0.4) is 0 Å². The van der Waals surface area contributed by atoms with E-state index >= 15 is 0 Å². The van der Waals surface area contributed by atoms with Gasteiger partial charge in [0.15, 0.2) is 5.78 Å². The molecule has 1 aliphatic carbocycles. The Hall–Kier alpha value is -1.42. The molecule has 0 spiro atoms. The Morgan fingerprint density at radius 1 is 1.35 bits per heavy atom. The molecule has 1 aromatic heterocycles. The first-order valence-corrected chi connectivity index (χ1v) is 6.16. The average molecular weight is 233 g/mol. The first kappa shape index (κ1) is 12.0. The van der Waals surface area contributed by atoms with Gasteiger partial charge in [0.05, 0.1) is 5.56 Å². The van der Waals surface area contributed by atoms with Crippen LogP contribution in [0, 0.1) is 11.8 Å². The van der Waals surface area contributed by atoms with E-state index in [4.69, 9.17) is 11.5 Å².